The van der Waals surface area contributed by atoms with Gasteiger partial charge in [-0.3, -0.25) is 0 Å². The average Bonchev–Trinajstić information content (AvgIpc) is 2.84. The molecule has 2 aromatic rings. The van der Waals surface area contributed by atoms with Gasteiger partial charge in [0.15, 0.2) is 11.5 Å². The third-order valence-corrected chi connectivity index (χ3v) is 5.28. The van der Waals surface area contributed by atoms with Crippen LogP contribution in [0.5, 0.6) is 11.5 Å². The summed E-state index contributed by atoms with van der Waals surface area (Å²) < 4.78 is 71.4. The molecule has 1 aliphatic heterocycles. The lowest BCUT2D eigenvalue weighted by Crippen LogP contribution is -2.23. The van der Waals surface area contributed by atoms with Crippen LogP contribution in [0.25, 0.3) is 0 Å². The molecular weight excluding hydrogens is 371 g/mol. The van der Waals surface area contributed by atoms with Gasteiger partial charge in [0.1, 0.15) is 0 Å². The minimum Gasteiger partial charge on any atom is -0.490 e. The van der Waals surface area contributed by atoms with Gasteiger partial charge < -0.3 is 14.8 Å². The van der Waals surface area contributed by atoms with E-state index in [0.717, 1.165) is 24.1 Å². The van der Waals surface area contributed by atoms with Crippen LogP contribution >= 0.6 is 0 Å². The molecule has 9 heteroatoms. The lowest BCUT2D eigenvalue weighted by atomic mass is 10.2. The summed E-state index contributed by atoms with van der Waals surface area (Å²) in [5.41, 5.74) is -3.93. The fourth-order valence-electron chi connectivity index (χ4n) is 2.41. The van der Waals surface area contributed by atoms with Gasteiger partial charge in [0.2, 0.25) is 0 Å². The highest BCUT2D eigenvalue weighted by molar-refractivity contribution is 7.92. The first-order valence-electron chi connectivity index (χ1n) is 7.81. The largest absolute Gasteiger partial charge is 0.501 e. The number of halogens is 3. The molecule has 0 radical (unpaired) electrons. The Hall–Kier alpha value is -2.42. The van der Waals surface area contributed by atoms with Gasteiger partial charge >= 0.3 is 5.51 Å². The van der Waals surface area contributed by atoms with E-state index in [4.69, 9.17) is 9.47 Å². The summed E-state index contributed by atoms with van der Waals surface area (Å²) >= 11 is 0. The summed E-state index contributed by atoms with van der Waals surface area (Å²) in [6.45, 7) is 1.55. The molecule has 0 saturated heterocycles. The maximum absolute atomic E-state index is 12.5. The summed E-state index contributed by atoms with van der Waals surface area (Å²) in [6, 6.07) is 9.93. The highest BCUT2D eigenvalue weighted by Gasteiger charge is 2.46. The first-order chi connectivity index (χ1) is 12.3. The minimum absolute atomic E-state index is 0.391. The second-order valence-electron chi connectivity index (χ2n) is 5.66. The third-order valence-electron chi connectivity index (χ3n) is 3.78. The highest BCUT2D eigenvalue weighted by atomic mass is 32.2. The zero-order valence-electron chi connectivity index (χ0n) is 13.5. The van der Waals surface area contributed by atoms with Crippen LogP contribution in [0.3, 0.4) is 0 Å². The van der Waals surface area contributed by atoms with E-state index in [1.807, 2.05) is 12.1 Å². The molecule has 0 atom stereocenters. The molecule has 3 rings (SSSR count). The molecule has 0 aliphatic carbocycles. The van der Waals surface area contributed by atoms with Crippen molar-refractivity contribution in [2.45, 2.75) is 23.4 Å². The maximum Gasteiger partial charge on any atom is 0.501 e. The highest BCUT2D eigenvalue weighted by Crippen LogP contribution is 2.32. The normalized spacial score (nSPS) is 14.6. The van der Waals surface area contributed by atoms with Crippen LogP contribution in [0.4, 0.5) is 18.9 Å². The second kappa shape index (κ2) is 7.06. The predicted molar refractivity (Wildman–Crippen MR) is 89.1 cm³/mol. The van der Waals surface area contributed by atoms with E-state index in [9.17, 15) is 21.6 Å². The van der Waals surface area contributed by atoms with Gasteiger partial charge in [-0.2, -0.15) is 13.2 Å². The molecule has 2 aromatic carbocycles. The summed E-state index contributed by atoms with van der Waals surface area (Å²) in [7, 11) is -5.33. The Bertz CT molecular complexity index is 880. The van der Waals surface area contributed by atoms with Gasteiger partial charge in [-0.15, -0.1) is 0 Å². The van der Waals surface area contributed by atoms with Gasteiger partial charge in [-0.05, 0) is 42.0 Å². The second-order valence-corrected chi connectivity index (χ2v) is 7.60. The number of fused-ring (bicyclic) bond motifs is 1. The molecule has 140 valence electrons. The van der Waals surface area contributed by atoms with Gasteiger partial charge in [0, 0.05) is 18.7 Å². The van der Waals surface area contributed by atoms with Crippen LogP contribution in [0.15, 0.2) is 47.4 Å². The Labute approximate surface area is 148 Å². The summed E-state index contributed by atoms with van der Waals surface area (Å²) in [5, 5.41) is 3.03. The molecule has 0 bridgehead atoms. The van der Waals surface area contributed by atoms with Gasteiger partial charge in [-0.25, -0.2) is 8.42 Å². The molecule has 1 aliphatic rings. The number of ether oxygens (including phenoxy) is 2. The first kappa shape index (κ1) is 18.4. The zero-order chi connectivity index (χ0) is 18.8. The SMILES string of the molecule is O=S(=O)(c1ccc(NCc2ccc3c(c2)OCCCO3)cc1)C(F)(F)F. The number of hydrogen-bond donors (Lipinski definition) is 1. The van der Waals surface area contributed by atoms with Crippen molar-refractivity contribution in [2.75, 3.05) is 18.5 Å². The van der Waals surface area contributed by atoms with Crippen LogP contribution in [0, 0.1) is 0 Å². The first-order valence-corrected chi connectivity index (χ1v) is 9.29. The van der Waals surface area contributed by atoms with Crippen molar-refractivity contribution in [2.24, 2.45) is 0 Å². The van der Waals surface area contributed by atoms with Crippen molar-refractivity contribution in [3.05, 3.63) is 48.0 Å². The number of hydrogen-bond acceptors (Lipinski definition) is 5. The van der Waals surface area contributed by atoms with E-state index < -0.39 is 20.2 Å². The molecular formula is C17H16F3NO4S. The molecule has 0 saturated carbocycles. The van der Waals surface area contributed by atoms with Gasteiger partial charge in [-0.1, -0.05) is 6.07 Å². The molecule has 1 N–H and O–H groups in total. The van der Waals surface area contributed by atoms with Crippen LogP contribution in [-0.2, 0) is 16.4 Å². The monoisotopic (exact) mass is 387 g/mol. The van der Waals surface area contributed by atoms with Crippen molar-refractivity contribution in [3.8, 4) is 11.5 Å². The molecule has 5 nitrogen and oxygen atoms in total. The van der Waals surface area contributed by atoms with E-state index in [1.54, 1.807) is 6.07 Å². The number of rotatable bonds is 4. The minimum atomic E-state index is -5.33. The van der Waals surface area contributed by atoms with Crippen molar-refractivity contribution < 1.29 is 31.1 Å². The number of alkyl halides is 3. The predicted octanol–water partition coefficient (Wildman–Crippen LogP) is 3.75. The Morgan fingerprint density at radius 3 is 2.27 bits per heavy atom. The number of anilines is 1. The fourth-order valence-corrected chi connectivity index (χ4v) is 3.17. The zero-order valence-corrected chi connectivity index (χ0v) is 14.4. The van der Waals surface area contributed by atoms with Crippen LogP contribution < -0.4 is 14.8 Å². The van der Waals surface area contributed by atoms with Crippen LogP contribution in [0.1, 0.15) is 12.0 Å². The number of sulfone groups is 1. The molecule has 0 fully saturated rings. The third kappa shape index (κ3) is 3.87. The lowest BCUT2D eigenvalue weighted by Gasteiger charge is -2.12. The smallest absolute Gasteiger partial charge is 0.490 e. The topological polar surface area (TPSA) is 64.6 Å². The van der Waals surface area contributed by atoms with Crippen molar-refractivity contribution in [1.82, 2.24) is 0 Å². The van der Waals surface area contributed by atoms with Crippen molar-refractivity contribution in [3.63, 3.8) is 0 Å². The summed E-state index contributed by atoms with van der Waals surface area (Å²) in [5.74, 6) is 1.32. The van der Waals surface area contributed by atoms with Crippen molar-refractivity contribution >= 4 is 15.5 Å². The van der Waals surface area contributed by atoms with E-state index in [1.165, 1.54) is 12.1 Å². The van der Waals surface area contributed by atoms with Crippen molar-refractivity contribution in [1.29, 1.82) is 0 Å². The van der Waals surface area contributed by atoms with Crippen LogP contribution in [-0.4, -0.2) is 27.1 Å². The Morgan fingerprint density at radius 2 is 1.62 bits per heavy atom. The van der Waals surface area contributed by atoms with E-state index >= 15 is 0 Å². The van der Waals surface area contributed by atoms with Gasteiger partial charge in [0.25, 0.3) is 9.84 Å². The molecule has 26 heavy (non-hydrogen) atoms. The van der Waals surface area contributed by atoms with E-state index in [-0.39, 0.29) is 0 Å². The molecule has 1 heterocycles. The van der Waals surface area contributed by atoms with E-state index in [0.29, 0.717) is 36.9 Å². The summed E-state index contributed by atoms with van der Waals surface area (Å²) in [4.78, 5) is -0.786. The Kier molecular flexibility index (Phi) is 4.99. The van der Waals surface area contributed by atoms with Crippen LogP contribution in [0.2, 0.25) is 0 Å². The average molecular weight is 387 g/mol. The Balaban J connectivity index is 1.68. The maximum atomic E-state index is 12.5. The molecule has 0 aromatic heterocycles. The van der Waals surface area contributed by atoms with Gasteiger partial charge in [0.05, 0.1) is 18.1 Å². The summed E-state index contributed by atoms with van der Waals surface area (Å²) in [6.07, 6.45) is 0.801. The molecule has 0 unspecified atom stereocenters. The Morgan fingerprint density at radius 1 is 0.962 bits per heavy atom. The quantitative estimate of drug-likeness (QED) is 0.866. The van der Waals surface area contributed by atoms with E-state index in [2.05, 4.69) is 5.32 Å². The molecule has 0 spiro atoms. The number of benzene rings is 2. The lowest BCUT2D eigenvalue weighted by molar-refractivity contribution is -0.0436. The number of nitrogens with one attached hydrogen (secondary N) is 1. The standard InChI is InChI=1S/C17H16F3NO4S/c18-17(19,20)26(22,23)14-5-3-13(4-6-14)21-11-12-2-7-15-16(10-12)25-9-1-8-24-15/h2-7,10,21H,1,8-9,11H2. The fraction of sp³-hybridized carbons (Fsp3) is 0.294. The molecule has 0 amide bonds.